The largest absolute Gasteiger partial charge is 0.366 e. The number of hydrogen-bond acceptors (Lipinski definition) is 1. The first-order valence-electron chi connectivity index (χ1n) is 7.05. The lowest BCUT2D eigenvalue weighted by Gasteiger charge is -2.26. The molecular formula is C16H28O. The Kier molecular flexibility index (Phi) is 7.90. The summed E-state index contributed by atoms with van der Waals surface area (Å²) in [5.74, 6) is 0. The van der Waals surface area contributed by atoms with Gasteiger partial charge in [0.15, 0.2) is 0 Å². The molecule has 1 heteroatoms. The van der Waals surface area contributed by atoms with Gasteiger partial charge in [0, 0.05) is 0 Å². The van der Waals surface area contributed by atoms with Crippen molar-refractivity contribution in [3.8, 4) is 0 Å². The normalized spacial score (nSPS) is 14.9. The van der Waals surface area contributed by atoms with E-state index in [0.29, 0.717) is 0 Å². The van der Waals surface area contributed by atoms with E-state index >= 15 is 0 Å². The molecule has 98 valence electrons. The van der Waals surface area contributed by atoms with E-state index in [-0.39, 0.29) is 5.60 Å². The maximum atomic E-state index is 5.91. The molecule has 0 fully saturated rings. The van der Waals surface area contributed by atoms with Crippen LogP contribution in [0.5, 0.6) is 0 Å². The molecule has 0 atom stereocenters. The summed E-state index contributed by atoms with van der Waals surface area (Å²) in [5, 5.41) is 0. The molecule has 1 aliphatic rings. The zero-order valence-electron chi connectivity index (χ0n) is 12.3. The topological polar surface area (TPSA) is 9.23 Å². The van der Waals surface area contributed by atoms with Crippen LogP contribution in [0, 0.1) is 0 Å². The summed E-state index contributed by atoms with van der Waals surface area (Å²) in [4.78, 5) is 0. The second-order valence-corrected chi connectivity index (χ2v) is 3.65. The van der Waals surface area contributed by atoms with E-state index in [9.17, 15) is 0 Å². The highest BCUT2D eigenvalue weighted by atomic mass is 16.5. The molecule has 17 heavy (non-hydrogen) atoms. The fraction of sp³-hybridized carbons (Fsp3) is 0.625. The predicted octanol–water partition coefficient (Wildman–Crippen LogP) is 5.28. The monoisotopic (exact) mass is 236 g/mol. The molecule has 1 heterocycles. The van der Waals surface area contributed by atoms with Crippen LogP contribution in [0.2, 0.25) is 0 Å². The number of benzene rings is 1. The minimum atomic E-state index is 0.0105. The Hall–Kier alpha value is -0.820. The van der Waals surface area contributed by atoms with Gasteiger partial charge >= 0.3 is 0 Å². The molecule has 0 aromatic heterocycles. The van der Waals surface area contributed by atoms with Gasteiger partial charge in [-0.25, -0.2) is 0 Å². The smallest absolute Gasteiger partial charge is 0.0934 e. The molecule has 0 amide bonds. The molecule has 0 spiro atoms. The minimum Gasteiger partial charge on any atom is -0.366 e. The summed E-state index contributed by atoms with van der Waals surface area (Å²) in [6.07, 6.45) is 2.14. The highest BCUT2D eigenvalue weighted by Crippen LogP contribution is 2.41. The van der Waals surface area contributed by atoms with Crippen LogP contribution in [-0.2, 0) is 16.9 Å². The van der Waals surface area contributed by atoms with Crippen LogP contribution in [0.15, 0.2) is 24.3 Å². The van der Waals surface area contributed by atoms with Crippen LogP contribution >= 0.6 is 0 Å². The second kappa shape index (κ2) is 8.30. The van der Waals surface area contributed by atoms with Gasteiger partial charge in [0.05, 0.1) is 12.2 Å². The number of fused-ring (bicyclic) bond motifs is 1. The molecule has 0 saturated carbocycles. The zero-order chi connectivity index (χ0) is 13.3. The van der Waals surface area contributed by atoms with Crippen LogP contribution < -0.4 is 0 Å². The van der Waals surface area contributed by atoms with Crippen LogP contribution in [0.4, 0.5) is 0 Å². The molecule has 2 rings (SSSR count). The van der Waals surface area contributed by atoms with E-state index in [1.54, 1.807) is 0 Å². The van der Waals surface area contributed by atoms with Gasteiger partial charge in [-0.3, -0.25) is 0 Å². The highest BCUT2D eigenvalue weighted by Gasteiger charge is 2.36. The van der Waals surface area contributed by atoms with Gasteiger partial charge in [-0.15, -0.1) is 0 Å². The van der Waals surface area contributed by atoms with Crippen molar-refractivity contribution in [2.75, 3.05) is 0 Å². The van der Waals surface area contributed by atoms with E-state index in [0.717, 1.165) is 19.4 Å². The third kappa shape index (κ3) is 3.32. The first-order valence-corrected chi connectivity index (χ1v) is 7.05. The molecule has 0 unspecified atom stereocenters. The molecule has 0 N–H and O–H groups in total. The third-order valence-electron chi connectivity index (χ3n) is 3.15. The fourth-order valence-electron chi connectivity index (χ4n) is 2.22. The van der Waals surface area contributed by atoms with E-state index in [1.807, 2.05) is 27.7 Å². The molecule has 1 nitrogen and oxygen atoms in total. The minimum absolute atomic E-state index is 0.0105. The molecule has 0 aliphatic carbocycles. The Labute approximate surface area is 107 Å². The Morgan fingerprint density at radius 3 is 2.06 bits per heavy atom. The van der Waals surface area contributed by atoms with Crippen LogP contribution in [0.25, 0.3) is 0 Å². The maximum Gasteiger partial charge on any atom is 0.0934 e. The van der Waals surface area contributed by atoms with Gasteiger partial charge in [0.2, 0.25) is 0 Å². The molecule has 0 bridgehead atoms. The van der Waals surface area contributed by atoms with Gasteiger partial charge in [-0.05, 0) is 24.0 Å². The van der Waals surface area contributed by atoms with Crippen molar-refractivity contribution in [1.29, 1.82) is 0 Å². The quantitative estimate of drug-likeness (QED) is 0.678. The lowest BCUT2D eigenvalue weighted by atomic mass is 9.88. The van der Waals surface area contributed by atoms with Crippen molar-refractivity contribution in [2.45, 2.75) is 66.6 Å². The number of hydrogen-bond donors (Lipinski definition) is 0. The van der Waals surface area contributed by atoms with Gasteiger partial charge in [0.25, 0.3) is 0 Å². The van der Waals surface area contributed by atoms with E-state index in [2.05, 4.69) is 38.1 Å². The van der Waals surface area contributed by atoms with Gasteiger partial charge in [0.1, 0.15) is 0 Å². The molecule has 1 aromatic rings. The summed E-state index contributed by atoms with van der Waals surface area (Å²) in [7, 11) is 0. The average molecular weight is 236 g/mol. The van der Waals surface area contributed by atoms with Crippen LogP contribution in [0.1, 0.15) is 65.5 Å². The van der Waals surface area contributed by atoms with Gasteiger partial charge in [-0.1, -0.05) is 65.8 Å². The summed E-state index contributed by atoms with van der Waals surface area (Å²) in [6, 6.07) is 8.56. The lowest BCUT2D eigenvalue weighted by Crippen LogP contribution is -2.22. The highest BCUT2D eigenvalue weighted by molar-refractivity contribution is 5.35. The Balaban J connectivity index is 0.000000581. The lowest BCUT2D eigenvalue weighted by molar-refractivity contribution is -0.0439. The number of rotatable bonds is 2. The summed E-state index contributed by atoms with van der Waals surface area (Å²) >= 11 is 0. The van der Waals surface area contributed by atoms with Crippen molar-refractivity contribution in [3.05, 3.63) is 35.4 Å². The third-order valence-corrected chi connectivity index (χ3v) is 3.15. The molecule has 0 saturated heterocycles. The molecule has 1 aliphatic heterocycles. The Bertz CT molecular complexity index is 300. The Morgan fingerprint density at radius 2 is 1.53 bits per heavy atom. The fourth-order valence-corrected chi connectivity index (χ4v) is 2.22. The summed E-state index contributed by atoms with van der Waals surface area (Å²) < 4.78 is 5.91. The van der Waals surface area contributed by atoms with Crippen LogP contribution in [0.3, 0.4) is 0 Å². The summed E-state index contributed by atoms with van der Waals surface area (Å²) in [6.45, 7) is 13.2. The number of ether oxygens (including phenoxy) is 1. The first kappa shape index (κ1) is 16.2. The molecule has 1 aromatic carbocycles. The van der Waals surface area contributed by atoms with Gasteiger partial charge < -0.3 is 4.74 Å². The first-order chi connectivity index (χ1) is 8.32. The zero-order valence-corrected chi connectivity index (χ0v) is 12.3. The second-order valence-electron chi connectivity index (χ2n) is 3.65. The average Bonchev–Trinajstić information content (AvgIpc) is 2.83. The van der Waals surface area contributed by atoms with Crippen molar-refractivity contribution in [1.82, 2.24) is 0 Å². The van der Waals surface area contributed by atoms with Crippen molar-refractivity contribution in [2.24, 2.45) is 0 Å². The van der Waals surface area contributed by atoms with E-state index < -0.39 is 0 Å². The maximum absolute atomic E-state index is 5.91. The molecule has 0 radical (unpaired) electrons. The Morgan fingerprint density at radius 1 is 1.00 bits per heavy atom. The van der Waals surface area contributed by atoms with Crippen molar-refractivity contribution in [3.63, 3.8) is 0 Å². The molecular weight excluding hydrogens is 208 g/mol. The summed E-state index contributed by atoms with van der Waals surface area (Å²) in [5.41, 5.74) is 2.78. The van der Waals surface area contributed by atoms with E-state index in [1.165, 1.54) is 11.1 Å². The SMILES string of the molecule is CC.CC.CCC1(CC)OCc2ccccc21. The standard InChI is InChI=1S/C12H16O.2C2H6/c1-3-12(4-2)11-8-6-5-7-10(11)9-13-12;2*1-2/h5-8H,3-4,9H2,1-2H3;2*1-2H3. The predicted molar refractivity (Wildman–Crippen MR) is 76.2 cm³/mol. The van der Waals surface area contributed by atoms with Crippen LogP contribution in [-0.4, -0.2) is 0 Å². The van der Waals surface area contributed by atoms with E-state index in [4.69, 9.17) is 4.74 Å². The van der Waals surface area contributed by atoms with Crippen molar-refractivity contribution < 1.29 is 4.74 Å². The van der Waals surface area contributed by atoms with Gasteiger partial charge in [-0.2, -0.15) is 0 Å². The van der Waals surface area contributed by atoms with Crippen molar-refractivity contribution >= 4 is 0 Å².